The Labute approximate surface area is 125 Å². The summed E-state index contributed by atoms with van der Waals surface area (Å²) in [6.07, 6.45) is 13.8. The van der Waals surface area contributed by atoms with Crippen LogP contribution in [0.2, 0.25) is 0 Å². The SMILES string of the molecule is CN1CCN(CCCCCCCCCCCC=O)CC1. The van der Waals surface area contributed by atoms with Gasteiger partial charge in [0.25, 0.3) is 0 Å². The molecule has 1 aliphatic rings. The topological polar surface area (TPSA) is 23.6 Å². The van der Waals surface area contributed by atoms with Crippen LogP contribution in [0.3, 0.4) is 0 Å². The predicted octanol–water partition coefficient (Wildman–Crippen LogP) is 3.33. The van der Waals surface area contributed by atoms with E-state index in [4.69, 9.17) is 0 Å². The molecule has 3 heteroatoms. The molecule has 0 spiro atoms. The third-order valence-corrected chi connectivity index (χ3v) is 4.39. The van der Waals surface area contributed by atoms with E-state index in [1.54, 1.807) is 0 Å². The van der Waals surface area contributed by atoms with Crippen LogP contribution in [-0.4, -0.2) is 55.9 Å². The van der Waals surface area contributed by atoms with Crippen LogP contribution < -0.4 is 0 Å². The highest BCUT2D eigenvalue weighted by atomic mass is 16.1. The molecule has 0 aliphatic carbocycles. The largest absolute Gasteiger partial charge is 0.304 e. The Balaban J connectivity index is 1.75. The highest BCUT2D eigenvalue weighted by molar-refractivity contribution is 5.48. The van der Waals surface area contributed by atoms with Gasteiger partial charge in [0.1, 0.15) is 6.29 Å². The fourth-order valence-electron chi connectivity index (χ4n) is 2.87. The van der Waals surface area contributed by atoms with Crippen LogP contribution >= 0.6 is 0 Å². The molecule has 0 radical (unpaired) electrons. The van der Waals surface area contributed by atoms with Crippen molar-refractivity contribution in [3.05, 3.63) is 0 Å². The van der Waals surface area contributed by atoms with Gasteiger partial charge < -0.3 is 14.6 Å². The van der Waals surface area contributed by atoms with E-state index in [1.807, 2.05) is 0 Å². The summed E-state index contributed by atoms with van der Waals surface area (Å²) in [5.41, 5.74) is 0. The van der Waals surface area contributed by atoms with Gasteiger partial charge in [-0.05, 0) is 26.4 Å². The minimum atomic E-state index is 0.756. The normalized spacial score (nSPS) is 17.4. The first kappa shape index (κ1) is 17.6. The van der Waals surface area contributed by atoms with Gasteiger partial charge in [-0.1, -0.05) is 44.9 Å². The van der Waals surface area contributed by atoms with Gasteiger partial charge in [-0.3, -0.25) is 0 Å². The van der Waals surface area contributed by atoms with E-state index in [1.165, 1.54) is 84.1 Å². The molecular formula is C17H34N2O. The smallest absolute Gasteiger partial charge is 0.119 e. The second-order valence-electron chi connectivity index (χ2n) is 6.28. The lowest BCUT2D eigenvalue weighted by Crippen LogP contribution is -2.44. The van der Waals surface area contributed by atoms with Crippen molar-refractivity contribution in [1.29, 1.82) is 0 Å². The highest BCUT2D eigenvalue weighted by Crippen LogP contribution is 2.11. The average Bonchev–Trinajstić information content (AvgIpc) is 2.47. The van der Waals surface area contributed by atoms with Crippen molar-refractivity contribution in [2.45, 2.75) is 64.2 Å². The number of piperazine rings is 1. The fraction of sp³-hybridized carbons (Fsp3) is 0.941. The molecule has 1 aliphatic heterocycles. The van der Waals surface area contributed by atoms with Crippen LogP contribution in [0.4, 0.5) is 0 Å². The zero-order valence-corrected chi connectivity index (χ0v) is 13.5. The molecule has 0 aromatic heterocycles. The van der Waals surface area contributed by atoms with Crippen LogP contribution in [0.25, 0.3) is 0 Å². The summed E-state index contributed by atoms with van der Waals surface area (Å²) in [5.74, 6) is 0. The second-order valence-corrected chi connectivity index (χ2v) is 6.28. The van der Waals surface area contributed by atoms with Crippen LogP contribution in [0, 0.1) is 0 Å². The molecule has 0 saturated carbocycles. The number of hydrogen-bond acceptors (Lipinski definition) is 3. The average molecular weight is 282 g/mol. The molecule has 1 fully saturated rings. The molecule has 0 bridgehead atoms. The third-order valence-electron chi connectivity index (χ3n) is 4.39. The van der Waals surface area contributed by atoms with E-state index >= 15 is 0 Å². The maximum Gasteiger partial charge on any atom is 0.119 e. The number of carbonyl (C=O) groups excluding carboxylic acids is 1. The Hall–Kier alpha value is -0.410. The standard InChI is InChI=1S/C17H34N2O/c1-18-13-15-19(16-14-18)12-10-8-6-4-2-3-5-7-9-11-17-20/h17H,2-16H2,1H3. The zero-order valence-electron chi connectivity index (χ0n) is 13.5. The lowest BCUT2D eigenvalue weighted by atomic mass is 10.1. The lowest BCUT2D eigenvalue weighted by molar-refractivity contribution is -0.107. The van der Waals surface area contributed by atoms with Crippen molar-refractivity contribution in [3.8, 4) is 0 Å². The highest BCUT2D eigenvalue weighted by Gasteiger charge is 2.12. The lowest BCUT2D eigenvalue weighted by Gasteiger charge is -2.32. The molecule has 1 heterocycles. The van der Waals surface area contributed by atoms with E-state index in [-0.39, 0.29) is 0 Å². The van der Waals surface area contributed by atoms with Crippen molar-refractivity contribution in [2.24, 2.45) is 0 Å². The summed E-state index contributed by atoms with van der Waals surface area (Å²) in [5, 5.41) is 0. The first-order chi connectivity index (χ1) is 9.83. The Morgan fingerprint density at radius 3 is 1.80 bits per heavy atom. The van der Waals surface area contributed by atoms with Crippen molar-refractivity contribution in [3.63, 3.8) is 0 Å². The Bertz CT molecular complexity index is 225. The second kappa shape index (κ2) is 12.3. The molecule has 0 aromatic rings. The maximum atomic E-state index is 10.2. The van der Waals surface area contributed by atoms with E-state index in [0.29, 0.717) is 0 Å². The molecule has 0 amide bonds. The number of carbonyl (C=O) groups is 1. The van der Waals surface area contributed by atoms with E-state index < -0.39 is 0 Å². The fourth-order valence-corrected chi connectivity index (χ4v) is 2.87. The van der Waals surface area contributed by atoms with E-state index in [9.17, 15) is 4.79 Å². The van der Waals surface area contributed by atoms with Gasteiger partial charge in [-0.25, -0.2) is 0 Å². The quantitative estimate of drug-likeness (QED) is 0.405. The summed E-state index contributed by atoms with van der Waals surface area (Å²) in [7, 11) is 2.22. The Kier molecular flexibility index (Phi) is 10.9. The molecule has 0 N–H and O–H groups in total. The minimum absolute atomic E-state index is 0.756. The van der Waals surface area contributed by atoms with Crippen LogP contribution in [0.1, 0.15) is 64.2 Å². The van der Waals surface area contributed by atoms with Crippen LogP contribution in [-0.2, 0) is 4.79 Å². The molecular weight excluding hydrogens is 248 g/mol. The number of nitrogens with zero attached hydrogens (tertiary/aromatic N) is 2. The predicted molar refractivity (Wildman–Crippen MR) is 86.2 cm³/mol. The molecule has 0 atom stereocenters. The summed E-state index contributed by atoms with van der Waals surface area (Å²) in [6.45, 7) is 6.31. The number of hydrogen-bond donors (Lipinski definition) is 0. The molecule has 1 saturated heterocycles. The number of aldehydes is 1. The molecule has 3 nitrogen and oxygen atoms in total. The Morgan fingerprint density at radius 1 is 0.750 bits per heavy atom. The van der Waals surface area contributed by atoms with Gasteiger partial charge in [0, 0.05) is 32.6 Å². The van der Waals surface area contributed by atoms with Crippen molar-refractivity contribution >= 4 is 6.29 Å². The van der Waals surface area contributed by atoms with Gasteiger partial charge in [-0.15, -0.1) is 0 Å². The first-order valence-electron chi connectivity index (χ1n) is 8.67. The Morgan fingerprint density at radius 2 is 1.25 bits per heavy atom. The van der Waals surface area contributed by atoms with Gasteiger partial charge >= 0.3 is 0 Å². The number of likely N-dealkylation sites (N-methyl/N-ethyl adjacent to an activating group) is 1. The molecule has 1 rings (SSSR count). The summed E-state index contributed by atoms with van der Waals surface area (Å²) in [6, 6.07) is 0. The monoisotopic (exact) mass is 282 g/mol. The molecule has 20 heavy (non-hydrogen) atoms. The van der Waals surface area contributed by atoms with Gasteiger partial charge in [-0.2, -0.15) is 0 Å². The van der Waals surface area contributed by atoms with Gasteiger partial charge in [0.15, 0.2) is 0 Å². The molecule has 118 valence electrons. The zero-order chi connectivity index (χ0) is 14.5. The van der Waals surface area contributed by atoms with E-state index in [2.05, 4.69) is 16.8 Å². The van der Waals surface area contributed by atoms with Crippen molar-refractivity contribution in [1.82, 2.24) is 9.80 Å². The van der Waals surface area contributed by atoms with Gasteiger partial charge in [0.05, 0.1) is 0 Å². The van der Waals surface area contributed by atoms with Gasteiger partial charge in [0.2, 0.25) is 0 Å². The van der Waals surface area contributed by atoms with Crippen molar-refractivity contribution < 1.29 is 4.79 Å². The van der Waals surface area contributed by atoms with Crippen molar-refractivity contribution in [2.75, 3.05) is 39.8 Å². The number of unbranched alkanes of at least 4 members (excludes halogenated alkanes) is 9. The van der Waals surface area contributed by atoms with Crippen LogP contribution in [0.5, 0.6) is 0 Å². The maximum absolute atomic E-state index is 10.2. The third kappa shape index (κ3) is 9.49. The first-order valence-corrected chi connectivity index (χ1v) is 8.67. The van der Waals surface area contributed by atoms with Crippen LogP contribution in [0.15, 0.2) is 0 Å². The summed E-state index contributed by atoms with van der Waals surface area (Å²) < 4.78 is 0. The summed E-state index contributed by atoms with van der Waals surface area (Å²) in [4.78, 5) is 15.2. The van der Waals surface area contributed by atoms with E-state index in [0.717, 1.165) is 19.1 Å². The minimum Gasteiger partial charge on any atom is -0.304 e. The summed E-state index contributed by atoms with van der Waals surface area (Å²) >= 11 is 0. The number of rotatable bonds is 12. The molecule has 0 unspecified atom stereocenters. The molecule has 0 aromatic carbocycles.